The maximum atomic E-state index is 12.5. The Balaban J connectivity index is 1.92. The van der Waals surface area contributed by atoms with Crippen molar-refractivity contribution in [3.63, 3.8) is 0 Å². The van der Waals surface area contributed by atoms with Crippen LogP contribution in [0.4, 0.5) is 5.69 Å². The van der Waals surface area contributed by atoms with Crippen molar-refractivity contribution in [3.05, 3.63) is 70.0 Å². The van der Waals surface area contributed by atoms with E-state index in [1.54, 1.807) is 18.2 Å². The van der Waals surface area contributed by atoms with Crippen molar-refractivity contribution in [2.24, 2.45) is 0 Å². The Morgan fingerprint density at radius 1 is 0.955 bits per heavy atom. The van der Waals surface area contributed by atoms with E-state index < -0.39 is 0 Å². The molecule has 0 saturated heterocycles. The quantitative estimate of drug-likeness (QED) is 0.676. The highest BCUT2D eigenvalue weighted by molar-refractivity contribution is 6.34. The number of aromatic amines is 1. The zero-order valence-electron chi connectivity index (χ0n) is 11.5. The van der Waals surface area contributed by atoms with Crippen molar-refractivity contribution in [2.75, 3.05) is 5.32 Å². The van der Waals surface area contributed by atoms with Crippen molar-refractivity contribution in [1.82, 2.24) is 10.2 Å². The second kappa shape index (κ2) is 4.66. The minimum Gasteiger partial charge on any atom is -0.321 e. The number of anilines is 1. The summed E-state index contributed by atoms with van der Waals surface area (Å²) in [5.41, 5.74) is 2.67. The van der Waals surface area contributed by atoms with E-state index in [2.05, 4.69) is 15.5 Å². The van der Waals surface area contributed by atoms with Gasteiger partial charge in [0, 0.05) is 16.6 Å². The summed E-state index contributed by atoms with van der Waals surface area (Å²) in [6.45, 7) is 0. The molecule has 22 heavy (non-hydrogen) atoms. The number of carbonyl (C=O) groups excluding carboxylic acids is 1. The van der Waals surface area contributed by atoms with E-state index in [1.807, 2.05) is 30.3 Å². The van der Waals surface area contributed by atoms with Crippen molar-refractivity contribution in [3.8, 4) is 0 Å². The van der Waals surface area contributed by atoms with Gasteiger partial charge >= 0.3 is 0 Å². The van der Waals surface area contributed by atoms with Crippen LogP contribution in [0.15, 0.2) is 53.3 Å². The van der Waals surface area contributed by atoms with Gasteiger partial charge in [0.05, 0.1) is 11.1 Å². The minimum absolute atomic E-state index is 0.195. The fraction of sp³-hybridized carbons (Fsp3) is 0. The molecule has 1 aliphatic heterocycles. The summed E-state index contributed by atoms with van der Waals surface area (Å²) >= 11 is 0. The highest BCUT2D eigenvalue weighted by Gasteiger charge is 2.24. The van der Waals surface area contributed by atoms with E-state index in [-0.39, 0.29) is 17.0 Å². The van der Waals surface area contributed by atoms with E-state index in [9.17, 15) is 9.59 Å². The van der Waals surface area contributed by atoms with Crippen LogP contribution in [0.2, 0.25) is 0 Å². The molecule has 0 fully saturated rings. The molecule has 2 aromatic carbocycles. The molecule has 0 saturated carbocycles. The predicted molar refractivity (Wildman–Crippen MR) is 85.3 cm³/mol. The topological polar surface area (TPSA) is 74.8 Å². The molecule has 0 unspecified atom stereocenters. The zero-order chi connectivity index (χ0) is 15.1. The van der Waals surface area contributed by atoms with Gasteiger partial charge in [-0.3, -0.25) is 14.7 Å². The van der Waals surface area contributed by atoms with Crippen molar-refractivity contribution < 1.29 is 4.79 Å². The average Bonchev–Trinajstić information content (AvgIpc) is 2.86. The molecule has 3 aromatic rings. The summed E-state index contributed by atoms with van der Waals surface area (Å²) in [5, 5.41) is 10.3. The summed E-state index contributed by atoms with van der Waals surface area (Å²) in [7, 11) is 0. The number of nitrogens with one attached hydrogen (secondary N) is 2. The maximum Gasteiger partial charge on any atom is 0.256 e. The number of hydrogen-bond donors (Lipinski definition) is 2. The lowest BCUT2D eigenvalue weighted by Gasteiger charge is -2.00. The average molecular weight is 289 g/mol. The largest absolute Gasteiger partial charge is 0.321 e. The van der Waals surface area contributed by atoms with Gasteiger partial charge in [-0.15, -0.1) is 0 Å². The van der Waals surface area contributed by atoms with E-state index in [0.717, 1.165) is 11.3 Å². The summed E-state index contributed by atoms with van der Waals surface area (Å²) in [6.07, 6.45) is 1.53. The molecular weight excluding hydrogens is 278 g/mol. The Morgan fingerprint density at radius 2 is 1.73 bits per heavy atom. The van der Waals surface area contributed by atoms with Crippen molar-refractivity contribution in [2.45, 2.75) is 0 Å². The summed E-state index contributed by atoms with van der Waals surface area (Å²) < 4.78 is 0. The Labute approximate surface area is 125 Å². The van der Waals surface area contributed by atoms with Crippen LogP contribution in [-0.4, -0.2) is 16.1 Å². The molecule has 0 radical (unpaired) electrons. The Kier molecular flexibility index (Phi) is 2.66. The minimum atomic E-state index is -0.226. The van der Waals surface area contributed by atoms with Gasteiger partial charge in [-0.1, -0.05) is 30.3 Å². The molecule has 4 rings (SSSR count). The number of nitrogens with zero attached hydrogens (tertiary/aromatic N) is 1. The van der Waals surface area contributed by atoms with E-state index in [0.29, 0.717) is 16.5 Å². The molecule has 0 spiro atoms. The first kappa shape index (κ1) is 12.5. The molecular formula is C17H11N3O2. The van der Waals surface area contributed by atoms with Crippen LogP contribution in [0.5, 0.6) is 0 Å². The first-order chi connectivity index (χ1) is 10.7. The molecule has 1 aromatic heterocycles. The summed E-state index contributed by atoms with van der Waals surface area (Å²) in [4.78, 5) is 24.6. The summed E-state index contributed by atoms with van der Waals surface area (Å²) in [5.74, 6) is -0.226. The van der Waals surface area contributed by atoms with Crippen LogP contribution in [-0.2, 0) is 4.79 Å². The molecule has 5 heteroatoms. The van der Waals surface area contributed by atoms with Crippen molar-refractivity contribution in [1.29, 1.82) is 0 Å². The SMILES string of the molecule is O=C1Nc2ccccc2/C1=C/c1n[nH]c2ccccc2c1=O. The number of hydrogen-bond acceptors (Lipinski definition) is 3. The summed E-state index contributed by atoms with van der Waals surface area (Å²) in [6, 6.07) is 14.5. The second-order valence-electron chi connectivity index (χ2n) is 5.04. The van der Waals surface area contributed by atoms with Gasteiger partial charge in [-0.05, 0) is 24.3 Å². The highest BCUT2D eigenvalue weighted by Crippen LogP contribution is 2.32. The molecule has 0 bridgehead atoms. The highest BCUT2D eigenvalue weighted by atomic mass is 16.2. The monoisotopic (exact) mass is 289 g/mol. The zero-order valence-corrected chi connectivity index (χ0v) is 11.5. The van der Waals surface area contributed by atoms with Crippen LogP contribution in [0.3, 0.4) is 0 Å². The molecule has 1 amide bonds. The van der Waals surface area contributed by atoms with E-state index in [1.165, 1.54) is 6.08 Å². The van der Waals surface area contributed by atoms with Gasteiger partial charge in [-0.25, -0.2) is 0 Å². The van der Waals surface area contributed by atoms with Gasteiger partial charge in [-0.2, -0.15) is 5.10 Å². The second-order valence-corrected chi connectivity index (χ2v) is 5.04. The van der Waals surface area contributed by atoms with E-state index in [4.69, 9.17) is 0 Å². The van der Waals surface area contributed by atoms with Crippen LogP contribution in [0, 0.1) is 0 Å². The first-order valence-corrected chi connectivity index (χ1v) is 6.84. The number of amides is 1. The van der Waals surface area contributed by atoms with Gasteiger partial charge in [0.2, 0.25) is 5.43 Å². The van der Waals surface area contributed by atoms with Crippen LogP contribution < -0.4 is 10.7 Å². The lowest BCUT2D eigenvalue weighted by molar-refractivity contribution is -0.110. The number of rotatable bonds is 1. The molecule has 2 N–H and O–H groups in total. The number of H-pyrrole nitrogens is 1. The third-order valence-electron chi connectivity index (χ3n) is 3.69. The fourth-order valence-corrected chi connectivity index (χ4v) is 2.60. The molecule has 106 valence electrons. The Bertz CT molecular complexity index is 1000. The normalized spacial score (nSPS) is 15.1. The van der Waals surface area contributed by atoms with Crippen LogP contribution in [0.25, 0.3) is 22.6 Å². The molecule has 2 heterocycles. The smallest absolute Gasteiger partial charge is 0.256 e. The third-order valence-corrected chi connectivity index (χ3v) is 3.69. The number of carbonyl (C=O) groups is 1. The standard InChI is InChI=1S/C17H11N3O2/c21-16-11-6-2-4-8-14(11)19-20-15(16)9-12-10-5-1-3-7-13(10)18-17(12)22/h1-9H,(H,18,22)(H,19,21)/b12-9-. The Hall–Kier alpha value is -3.21. The number of benzene rings is 2. The molecule has 0 atom stereocenters. The number of aromatic nitrogens is 2. The third kappa shape index (κ3) is 1.83. The lowest BCUT2D eigenvalue weighted by atomic mass is 10.1. The first-order valence-electron chi connectivity index (χ1n) is 6.84. The Morgan fingerprint density at radius 3 is 2.64 bits per heavy atom. The van der Waals surface area contributed by atoms with Gasteiger partial charge in [0.15, 0.2) is 0 Å². The van der Waals surface area contributed by atoms with E-state index >= 15 is 0 Å². The number of para-hydroxylation sites is 2. The van der Waals surface area contributed by atoms with Gasteiger partial charge < -0.3 is 5.32 Å². The molecule has 5 nitrogen and oxygen atoms in total. The number of fused-ring (bicyclic) bond motifs is 2. The van der Waals surface area contributed by atoms with Gasteiger partial charge in [0.1, 0.15) is 5.69 Å². The lowest BCUT2D eigenvalue weighted by Crippen LogP contribution is -2.11. The maximum absolute atomic E-state index is 12.5. The fourth-order valence-electron chi connectivity index (χ4n) is 2.60. The van der Waals surface area contributed by atoms with Crippen LogP contribution in [0.1, 0.15) is 11.3 Å². The van der Waals surface area contributed by atoms with Crippen LogP contribution >= 0.6 is 0 Å². The van der Waals surface area contributed by atoms with Crippen molar-refractivity contribution >= 4 is 34.1 Å². The molecule has 0 aliphatic carbocycles. The molecule has 1 aliphatic rings. The predicted octanol–water partition coefficient (Wildman–Crippen LogP) is 2.42. The van der Waals surface area contributed by atoms with Gasteiger partial charge in [0.25, 0.3) is 5.91 Å².